The Kier molecular flexibility index (Phi) is 5.97. The first-order valence-electron chi connectivity index (χ1n) is 10.4. The molecular formula is C24H18Cl2N2O5S. The van der Waals surface area contributed by atoms with Crippen LogP contribution in [0, 0.1) is 0 Å². The summed E-state index contributed by atoms with van der Waals surface area (Å²) >= 11 is 13.7. The van der Waals surface area contributed by atoms with Crippen LogP contribution in [0.25, 0.3) is 6.08 Å². The van der Waals surface area contributed by atoms with Crippen molar-refractivity contribution in [1.29, 1.82) is 0 Å². The van der Waals surface area contributed by atoms with Gasteiger partial charge in [-0.3, -0.25) is 9.36 Å². The lowest BCUT2D eigenvalue weighted by Gasteiger charge is -2.24. The van der Waals surface area contributed by atoms with Gasteiger partial charge in [0.2, 0.25) is 6.79 Å². The van der Waals surface area contributed by atoms with Crippen molar-refractivity contribution in [2.24, 2.45) is 4.99 Å². The van der Waals surface area contributed by atoms with Gasteiger partial charge in [-0.25, -0.2) is 9.79 Å². The summed E-state index contributed by atoms with van der Waals surface area (Å²) in [5, 5.41) is 0.972. The van der Waals surface area contributed by atoms with Crippen molar-refractivity contribution in [2.75, 3.05) is 13.4 Å². The van der Waals surface area contributed by atoms with Crippen molar-refractivity contribution in [2.45, 2.75) is 19.9 Å². The number of thiazole rings is 1. The Morgan fingerprint density at radius 1 is 1.24 bits per heavy atom. The van der Waals surface area contributed by atoms with E-state index in [2.05, 4.69) is 4.99 Å². The molecule has 0 saturated heterocycles. The number of esters is 1. The summed E-state index contributed by atoms with van der Waals surface area (Å²) in [6.45, 7) is 3.79. The molecule has 0 aliphatic carbocycles. The van der Waals surface area contributed by atoms with Gasteiger partial charge in [-0.15, -0.1) is 0 Å². The molecule has 10 heteroatoms. The van der Waals surface area contributed by atoms with E-state index < -0.39 is 12.0 Å². The number of fused-ring (bicyclic) bond motifs is 2. The van der Waals surface area contributed by atoms with Crippen LogP contribution in [0.3, 0.4) is 0 Å². The number of halogens is 2. The maximum Gasteiger partial charge on any atom is 0.338 e. The van der Waals surface area contributed by atoms with Gasteiger partial charge in [0.15, 0.2) is 16.3 Å². The van der Waals surface area contributed by atoms with Gasteiger partial charge in [0.25, 0.3) is 5.56 Å². The second kappa shape index (κ2) is 8.94. The Bertz CT molecular complexity index is 1520. The minimum absolute atomic E-state index is 0.119. The predicted molar refractivity (Wildman–Crippen MR) is 129 cm³/mol. The van der Waals surface area contributed by atoms with Crippen molar-refractivity contribution in [1.82, 2.24) is 4.57 Å². The molecule has 3 heterocycles. The zero-order valence-corrected chi connectivity index (χ0v) is 20.5. The van der Waals surface area contributed by atoms with E-state index in [1.54, 1.807) is 56.3 Å². The Balaban J connectivity index is 1.71. The summed E-state index contributed by atoms with van der Waals surface area (Å²) in [7, 11) is 0. The second-order valence-electron chi connectivity index (χ2n) is 7.58. The van der Waals surface area contributed by atoms with Crippen molar-refractivity contribution < 1.29 is 19.0 Å². The molecule has 7 nitrogen and oxygen atoms in total. The lowest BCUT2D eigenvalue weighted by atomic mass is 9.96. The van der Waals surface area contributed by atoms with E-state index in [1.807, 2.05) is 0 Å². The molecule has 174 valence electrons. The van der Waals surface area contributed by atoms with Crippen LogP contribution in [0.5, 0.6) is 11.5 Å². The fourth-order valence-electron chi connectivity index (χ4n) is 3.94. The van der Waals surface area contributed by atoms with Crippen LogP contribution < -0.4 is 24.4 Å². The molecule has 0 radical (unpaired) electrons. The maximum atomic E-state index is 13.6. The monoisotopic (exact) mass is 516 g/mol. The third-order valence-corrected chi connectivity index (χ3v) is 7.04. The van der Waals surface area contributed by atoms with Crippen molar-refractivity contribution in [3.63, 3.8) is 0 Å². The fourth-order valence-corrected chi connectivity index (χ4v) is 5.31. The van der Waals surface area contributed by atoms with Gasteiger partial charge in [-0.1, -0.05) is 46.7 Å². The van der Waals surface area contributed by atoms with Crippen molar-refractivity contribution in [3.8, 4) is 11.5 Å². The first kappa shape index (κ1) is 22.7. The summed E-state index contributed by atoms with van der Waals surface area (Å²) in [4.78, 5) is 31.6. The molecule has 34 heavy (non-hydrogen) atoms. The summed E-state index contributed by atoms with van der Waals surface area (Å²) in [5.41, 5.74) is 1.83. The number of hydrogen-bond acceptors (Lipinski definition) is 7. The number of ether oxygens (including phenoxy) is 3. The topological polar surface area (TPSA) is 79.1 Å². The lowest BCUT2D eigenvalue weighted by molar-refractivity contribution is -0.139. The van der Waals surface area contributed by atoms with Crippen molar-refractivity contribution >= 4 is 46.6 Å². The van der Waals surface area contributed by atoms with Crippen LogP contribution in [0.2, 0.25) is 10.0 Å². The second-order valence-corrected chi connectivity index (χ2v) is 9.43. The molecule has 0 spiro atoms. The molecule has 0 fully saturated rings. The number of nitrogens with zero attached hydrogens (tertiary/aromatic N) is 2. The minimum Gasteiger partial charge on any atom is -0.463 e. The number of carbonyl (C=O) groups excluding carboxylic acids is 1. The normalized spacial score (nSPS) is 16.9. The maximum absolute atomic E-state index is 13.6. The standard InChI is InChI=1S/C24H18Cl2N2O5S/c1-3-31-23(30)20-12(2)27-24-28(21(20)13-4-6-15(25)7-5-13)22(29)19(34-24)9-14-8-17-18(10-16(14)26)33-11-32-17/h4-10,21H,3,11H2,1-2H3/b19-9+/t21-/m1/s1. The van der Waals surface area contributed by atoms with Gasteiger partial charge in [0, 0.05) is 11.1 Å². The number of rotatable bonds is 4. The predicted octanol–water partition coefficient (Wildman–Crippen LogP) is 3.83. The van der Waals surface area contributed by atoms with Crippen LogP contribution in [0.4, 0.5) is 0 Å². The lowest BCUT2D eigenvalue weighted by Crippen LogP contribution is -2.39. The molecule has 2 aliphatic rings. The van der Waals surface area contributed by atoms with Gasteiger partial charge < -0.3 is 14.2 Å². The van der Waals surface area contributed by atoms with Gasteiger partial charge in [0.1, 0.15) is 0 Å². The van der Waals surface area contributed by atoms with E-state index in [1.165, 1.54) is 15.9 Å². The Morgan fingerprint density at radius 2 is 1.94 bits per heavy atom. The Morgan fingerprint density at radius 3 is 2.65 bits per heavy atom. The first-order valence-corrected chi connectivity index (χ1v) is 12.0. The number of hydrogen-bond donors (Lipinski definition) is 0. The van der Waals surface area contributed by atoms with Crippen LogP contribution in [0.15, 0.2) is 57.5 Å². The number of benzene rings is 2. The molecule has 3 aromatic rings. The van der Waals surface area contributed by atoms with Gasteiger partial charge >= 0.3 is 5.97 Å². The summed E-state index contributed by atoms with van der Waals surface area (Å²) in [5.74, 6) is 0.598. The smallest absolute Gasteiger partial charge is 0.338 e. The highest BCUT2D eigenvalue weighted by Gasteiger charge is 2.33. The average Bonchev–Trinajstić information content (AvgIpc) is 3.37. The van der Waals surface area contributed by atoms with Crippen LogP contribution in [-0.4, -0.2) is 23.9 Å². The summed E-state index contributed by atoms with van der Waals surface area (Å²) in [6.07, 6.45) is 1.69. The van der Waals surface area contributed by atoms with Gasteiger partial charge in [-0.05, 0) is 49.2 Å². The number of carbonyl (C=O) groups is 1. The van der Waals surface area contributed by atoms with E-state index in [4.69, 9.17) is 37.4 Å². The third kappa shape index (κ3) is 3.91. The van der Waals surface area contributed by atoms with E-state index in [9.17, 15) is 9.59 Å². The zero-order valence-electron chi connectivity index (χ0n) is 18.1. The SMILES string of the molecule is CCOC(=O)C1=C(C)N=c2s/c(=C/c3cc4c(cc3Cl)OCO4)c(=O)n2[C@@H]1c1ccc(Cl)cc1. The quantitative estimate of drug-likeness (QED) is 0.492. The van der Waals surface area contributed by atoms with Crippen LogP contribution >= 0.6 is 34.5 Å². The summed E-state index contributed by atoms with van der Waals surface area (Å²) in [6, 6.07) is 9.70. The molecule has 0 N–H and O–H groups in total. The molecule has 0 bridgehead atoms. The zero-order chi connectivity index (χ0) is 24.0. The van der Waals surface area contributed by atoms with Crippen LogP contribution in [-0.2, 0) is 9.53 Å². The molecule has 0 unspecified atom stereocenters. The Hall–Kier alpha value is -3.07. The molecule has 2 aliphatic heterocycles. The van der Waals surface area contributed by atoms with E-state index >= 15 is 0 Å². The van der Waals surface area contributed by atoms with E-state index in [0.29, 0.717) is 47.7 Å². The molecule has 0 saturated carbocycles. The molecular weight excluding hydrogens is 499 g/mol. The van der Waals surface area contributed by atoms with Gasteiger partial charge in [-0.2, -0.15) is 0 Å². The molecule has 5 rings (SSSR count). The molecule has 1 aromatic heterocycles. The number of aromatic nitrogens is 1. The van der Waals surface area contributed by atoms with E-state index in [-0.39, 0.29) is 19.0 Å². The minimum atomic E-state index is -0.707. The highest BCUT2D eigenvalue weighted by atomic mass is 35.5. The summed E-state index contributed by atoms with van der Waals surface area (Å²) < 4.78 is 18.0. The molecule has 2 aromatic carbocycles. The Labute approximate surface area is 208 Å². The third-order valence-electron chi connectivity index (χ3n) is 5.48. The highest BCUT2D eigenvalue weighted by molar-refractivity contribution is 7.07. The van der Waals surface area contributed by atoms with E-state index in [0.717, 1.165) is 5.56 Å². The number of allylic oxidation sites excluding steroid dienone is 1. The molecule has 0 amide bonds. The molecule has 1 atom stereocenters. The van der Waals surface area contributed by atoms with Gasteiger partial charge in [0.05, 0.1) is 33.5 Å². The van der Waals surface area contributed by atoms with Crippen LogP contribution in [0.1, 0.15) is 31.0 Å². The van der Waals surface area contributed by atoms with Crippen molar-refractivity contribution in [3.05, 3.63) is 88.5 Å². The average molecular weight is 517 g/mol. The highest BCUT2D eigenvalue weighted by Crippen LogP contribution is 2.37. The fraction of sp³-hybridized carbons (Fsp3) is 0.208. The largest absolute Gasteiger partial charge is 0.463 e. The first-order chi connectivity index (χ1) is 16.4.